The number of halogens is 1. The minimum atomic E-state index is 0.128. The predicted molar refractivity (Wildman–Crippen MR) is 70.9 cm³/mol. The van der Waals surface area contributed by atoms with E-state index >= 15 is 0 Å². The van der Waals surface area contributed by atoms with Crippen molar-refractivity contribution >= 4 is 21.6 Å². The van der Waals surface area contributed by atoms with Crippen molar-refractivity contribution in [1.29, 1.82) is 5.26 Å². The van der Waals surface area contributed by atoms with Crippen LogP contribution in [0.4, 0.5) is 5.69 Å². The van der Waals surface area contributed by atoms with Gasteiger partial charge in [0.15, 0.2) is 0 Å². The van der Waals surface area contributed by atoms with E-state index in [4.69, 9.17) is 5.26 Å². The van der Waals surface area contributed by atoms with Gasteiger partial charge in [0, 0.05) is 11.0 Å². The summed E-state index contributed by atoms with van der Waals surface area (Å²) in [7, 11) is 0. The lowest BCUT2D eigenvalue weighted by atomic mass is 10.0. The zero-order valence-corrected chi connectivity index (χ0v) is 11.3. The Morgan fingerprint density at radius 3 is 3.00 bits per heavy atom. The molecule has 3 nitrogen and oxygen atoms in total. The Balaban J connectivity index is 2.38. The van der Waals surface area contributed by atoms with Crippen molar-refractivity contribution in [1.82, 2.24) is 0 Å². The molecule has 2 rings (SSSR count). The van der Waals surface area contributed by atoms with Gasteiger partial charge in [-0.15, -0.1) is 0 Å². The molecule has 1 saturated heterocycles. The number of aliphatic hydroxyl groups is 1. The molecule has 0 spiro atoms. The summed E-state index contributed by atoms with van der Waals surface area (Å²) in [6, 6.07) is 8.06. The Hall–Kier alpha value is -1.05. The predicted octanol–water partition coefficient (Wildman–Crippen LogP) is 2.53. The zero-order chi connectivity index (χ0) is 12.4. The second kappa shape index (κ2) is 5.07. The summed E-state index contributed by atoms with van der Waals surface area (Å²) in [5.41, 5.74) is 1.59. The Bertz CT molecular complexity index is 455. The molecular weight excluding hydrogens is 280 g/mol. The van der Waals surface area contributed by atoms with Gasteiger partial charge in [-0.05, 0) is 30.5 Å². The number of nitriles is 1. The molecule has 0 aromatic heterocycles. The van der Waals surface area contributed by atoms with E-state index in [1.807, 2.05) is 18.2 Å². The van der Waals surface area contributed by atoms with E-state index < -0.39 is 0 Å². The lowest BCUT2D eigenvalue weighted by Gasteiger charge is -2.28. The van der Waals surface area contributed by atoms with Crippen LogP contribution in [-0.4, -0.2) is 24.3 Å². The van der Waals surface area contributed by atoms with Crippen LogP contribution in [0.3, 0.4) is 0 Å². The molecule has 2 atom stereocenters. The second-order valence-electron chi connectivity index (χ2n) is 4.48. The summed E-state index contributed by atoms with van der Waals surface area (Å²) >= 11 is 3.37. The first-order valence-corrected chi connectivity index (χ1v) is 6.54. The van der Waals surface area contributed by atoms with Gasteiger partial charge in [0.05, 0.1) is 23.9 Å². The van der Waals surface area contributed by atoms with Gasteiger partial charge in [-0.2, -0.15) is 5.26 Å². The fourth-order valence-electron chi connectivity index (χ4n) is 2.43. The Morgan fingerprint density at radius 1 is 1.59 bits per heavy atom. The monoisotopic (exact) mass is 294 g/mol. The van der Waals surface area contributed by atoms with Crippen molar-refractivity contribution in [2.75, 3.05) is 18.1 Å². The van der Waals surface area contributed by atoms with Crippen LogP contribution in [0.2, 0.25) is 0 Å². The number of rotatable bonds is 2. The van der Waals surface area contributed by atoms with Crippen LogP contribution in [0.1, 0.15) is 18.9 Å². The summed E-state index contributed by atoms with van der Waals surface area (Å²) in [6.07, 6.45) is 1.06. The molecular formula is C13H15BrN2O. The number of aliphatic hydroxyl groups excluding tert-OH is 1. The average molecular weight is 295 g/mol. The van der Waals surface area contributed by atoms with Crippen molar-refractivity contribution in [3.8, 4) is 6.07 Å². The minimum absolute atomic E-state index is 0.128. The Labute approximate surface area is 110 Å². The lowest BCUT2D eigenvalue weighted by molar-refractivity contribution is 0.244. The highest BCUT2D eigenvalue weighted by molar-refractivity contribution is 9.10. The van der Waals surface area contributed by atoms with E-state index in [0.717, 1.165) is 23.1 Å². The molecule has 1 aromatic carbocycles. The van der Waals surface area contributed by atoms with E-state index in [1.54, 1.807) is 0 Å². The van der Waals surface area contributed by atoms with Crippen LogP contribution < -0.4 is 4.90 Å². The Morgan fingerprint density at radius 2 is 2.35 bits per heavy atom. The maximum atomic E-state index is 9.45. The lowest BCUT2D eigenvalue weighted by Crippen LogP contribution is -2.35. The molecule has 1 aliphatic heterocycles. The van der Waals surface area contributed by atoms with Crippen LogP contribution in [0, 0.1) is 17.2 Å². The smallest absolute Gasteiger partial charge is 0.101 e. The van der Waals surface area contributed by atoms with Crippen molar-refractivity contribution in [2.45, 2.75) is 19.4 Å². The maximum absolute atomic E-state index is 9.45. The molecule has 0 amide bonds. The van der Waals surface area contributed by atoms with E-state index in [9.17, 15) is 5.11 Å². The molecule has 1 heterocycles. The van der Waals surface area contributed by atoms with Gasteiger partial charge < -0.3 is 10.0 Å². The minimum Gasteiger partial charge on any atom is -0.394 e. The molecule has 1 N–H and O–H groups in total. The molecule has 0 saturated carbocycles. The third kappa shape index (κ3) is 2.31. The normalized spacial score (nSPS) is 23.8. The van der Waals surface area contributed by atoms with Crippen molar-refractivity contribution in [3.63, 3.8) is 0 Å². The number of benzene rings is 1. The number of hydrogen-bond acceptors (Lipinski definition) is 3. The Kier molecular flexibility index (Phi) is 3.70. The summed E-state index contributed by atoms with van der Waals surface area (Å²) in [5, 5.41) is 18.6. The molecule has 90 valence electrons. The number of anilines is 1. The SMILES string of the molecule is CC1CCN(c2ccc(Br)cc2C#N)C1CO. The highest BCUT2D eigenvalue weighted by atomic mass is 79.9. The van der Waals surface area contributed by atoms with Gasteiger partial charge in [0.2, 0.25) is 0 Å². The van der Waals surface area contributed by atoms with E-state index in [0.29, 0.717) is 11.5 Å². The van der Waals surface area contributed by atoms with Gasteiger partial charge >= 0.3 is 0 Å². The second-order valence-corrected chi connectivity index (χ2v) is 5.40. The summed E-state index contributed by atoms with van der Waals surface area (Å²) in [5.74, 6) is 0.468. The van der Waals surface area contributed by atoms with Gasteiger partial charge in [-0.3, -0.25) is 0 Å². The fourth-order valence-corrected chi connectivity index (χ4v) is 2.80. The van der Waals surface area contributed by atoms with Crippen LogP contribution in [0.15, 0.2) is 22.7 Å². The molecule has 17 heavy (non-hydrogen) atoms. The van der Waals surface area contributed by atoms with Crippen molar-refractivity contribution < 1.29 is 5.11 Å². The molecule has 2 unspecified atom stereocenters. The van der Waals surface area contributed by atoms with Crippen molar-refractivity contribution in [2.24, 2.45) is 5.92 Å². The van der Waals surface area contributed by atoms with Crippen LogP contribution in [-0.2, 0) is 0 Å². The first kappa shape index (κ1) is 12.4. The van der Waals surface area contributed by atoms with E-state index in [2.05, 4.69) is 33.8 Å². The largest absolute Gasteiger partial charge is 0.394 e. The molecule has 1 aromatic rings. The third-order valence-corrected chi connectivity index (χ3v) is 3.95. The van der Waals surface area contributed by atoms with Gasteiger partial charge in [-0.25, -0.2) is 0 Å². The molecule has 1 fully saturated rings. The van der Waals surface area contributed by atoms with Gasteiger partial charge in [0.1, 0.15) is 6.07 Å². The average Bonchev–Trinajstić information content (AvgIpc) is 2.70. The van der Waals surface area contributed by atoms with E-state index in [-0.39, 0.29) is 12.6 Å². The first-order valence-electron chi connectivity index (χ1n) is 5.74. The molecule has 0 aliphatic carbocycles. The molecule has 1 aliphatic rings. The number of nitrogens with zero attached hydrogens (tertiary/aromatic N) is 2. The van der Waals surface area contributed by atoms with Gasteiger partial charge in [-0.1, -0.05) is 22.9 Å². The van der Waals surface area contributed by atoms with E-state index in [1.165, 1.54) is 0 Å². The number of hydrogen-bond donors (Lipinski definition) is 1. The van der Waals surface area contributed by atoms with Crippen molar-refractivity contribution in [3.05, 3.63) is 28.2 Å². The third-order valence-electron chi connectivity index (χ3n) is 3.46. The summed E-state index contributed by atoms with van der Waals surface area (Å²) in [4.78, 5) is 2.15. The molecule has 0 radical (unpaired) electrons. The zero-order valence-electron chi connectivity index (χ0n) is 9.73. The standard InChI is InChI=1S/C13H15BrN2O/c1-9-4-5-16(13(9)8-17)12-3-2-11(14)6-10(12)7-15/h2-3,6,9,13,17H,4-5,8H2,1H3. The molecule has 4 heteroatoms. The molecule has 0 bridgehead atoms. The first-order chi connectivity index (χ1) is 8.17. The fraction of sp³-hybridized carbons (Fsp3) is 0.462. The van der Waals surface area contributed by atoms with Crippen LogP contribution in [0.25, 0.3) is 0 Å². The summed E-state index contributed by atoms with van der Waals surface area (Å²) in [6.45, 7) is 3.19. The highest BCUT2D eigenvalue weighted by Crippen LogP contribution is 2.32. The van der Waals surface area contributed by atoms with Gasteiger partial charge in [0.25, 0.3) is 0 Å². The topological polar surface area (TPSA) is 47.3 Å². The highest BCUT2D eigenvalue weighted by Gasteiger charge is 2.31. The van der Waals surface area contributed by atoms with Crippen LogP contribution >= 0.6 is 15.9 Å². The quantitative estimate of drug-likeness (QED) is 0.912. The summed E-state index contributed by atoms with van der Waals surface area (Å²) < 4.78 is 0.908. The van der Waals surface area contributed by atoms with Crippen LogP contribution in [0.5, 0.6) is 0 Å². The maximum Gasteiger partial charge on any atom is 0.101 e.